The molecule has 0 aliphatic heterocycles. The van der Waals surface area contributed by atoms with Crippen LogP contribution in [0.1, 0.15) is 11.1 Å². The summed E-state index contributed by atoms with van der Waals surface area (Å²) in [6.45, 7) is 1.95. The molecule has 70 valence electrons. The molecule has 0 saturated carbocycles. The van der Waals surface area contributed by atoms with Crippen molar-refractivity contribution < 1.29 is 5.21 Å². The second kappa shape index (κ2) is 3.89. The minimum atomic E-state index is 0.827. The summed E-state index contributed by atoms with van der Waals surface area (Å²) in [5.41, 5.74) is 1.87. The molecule has 13 heavy (non-hydrogen) atoms. The number of anilines is 1. The normalized spacial score (nSPS) is 10.7. The fourth-order valence-electron chi connectivity index (χ4n) is 0.994. The molecule has 1 heterocycles. The first-order chi connectivity index (χ1) is 6.15. The van der Waals surface area contributed by atoms with Gasteiger partial charge in [0.2, 0.25) is 0 Å². The van der Waals surface area contributed by atoms with E-state index in [1.807, 2.05) is 32.0 Å². The van der Waals surface area contributed by atoms with E-state index in [0.717, 1.165) is 16.9 Å². The Kier molecular flexibility index (Phi) is 2.84. The van der Waals surface area contributed by atoms with Gasteiger partial charge in [-0.15, -0.1) is 0 Å². The number of pyridine rings is 1. The Morgan fingerprint density at radius 1 is 1.54 bits per heavy atom. The molecule has 1 aromatic heterocycles. The summed E-state index contributed by atoms with van der Waals surface area (Å²) in [6.07, 6.45) is 3.06. The third-order valence-electron chi connectivity index (χ3n) is 1.79. The van der Waals surface area contributed by atoms with Gasteiger partial charge in [-0.2, -0.15) is 0 Å². The van der Waals surface area contributed by atoms with Crippen molar-refractivity contribution in [1.82, 2.24) is 4.98 Å². The molecule has 0 fully saturated rings. The molecule has 4 nitrogen and oxygen atoms in total. The molecule has 1 aromatic rings. The minimum absolute atomic E-state index is 0.827. The number of oxime groups is 1. The standard InChI is InChI=1S/C9H13N3O/c1-7-4-9(12(2)3)10-5-8(7)6-11-13/h4-6,13H,1-3H3/b11-6-. The van der Waals surface area contributed by atoms with Crippen LogP contribution in [0.4, 0.5) is 5.82 Å². The molecule has 0 spiro atoms. The van der Waals surface area contributed by atoms with Crippen molar-refractivity contribution in [1.29, 1.82) is 0 Å². The molecule has 0 aliphatic carbocycles. The van der Waals surface area contributed by atoms with Crippen molar-refractivity contribution >= 4 is 12.0 Å². The van der Waals surface area contributed by atoms with Crippen LogP contribution >= 0.6 is 0 Å². The Morgan fingerprint density at radius 3 is 2.69 bits per heavy atom. The third-order valence-corrected chi connectivity index (χ3v) is 1.79. The van der Waals surface area contributed by atoms with Gasteiger partial charge in [-0.3, -0.25) is 0 Å². The van der Waals surface area contributed by atoms with Gasteiger partial charge in [-0.05, 0) is 18.6 Å². The average molecular weight is 179 g/mol. The van der Waals surface area contributed by atoms with Crippen LogP contribution in [-0.4, -0.2) is 30.5 Å². The highest BCUT2D eigenvalue weighted by atomic mass is 16.4. The van der Waals surface area contributed by atoms with Crippen molar-refractivity contribution in [3.05, 3.63) is 23.4 Å². The number of rotatable bonds is 2. The van der Waals surface area contributed by atoms with E-state index in [-0.39, 0.29) is 0 Å². The maximum atomic E-state index is 8.35. The van der Waals surface area contributed by atoms with E-state index in [1.165, 1.54) is 6.21 Å². The fraction of sp³-hybridized carbons (Fsp3) is 0.333. The van der Waals surface area contributed by atoms with Crippen LogP contribution in [0.2, 0.25) is 0 Å². The molecule has 0 bridgehead atoms. The van der Waals surface area contributed by atoms with Gasteiger partial charge >= 0.3 is 0 Å². The van der Waals surface area contributed by atoms with Gasteiger partial charge in [0.05, 0.1) is 6.21 Å². The van der Waals surface area contributed by atoms with E-state index in [9.17, 15) is 0 Å². The van der Waals surface area contributed by atoms with Gasteiger partial charge in [0.25, 0.3) is 0 Å². The SMILES string of the molecule is Cc1cc(N(C)C)ncc1/C=N\O. The lowest BCUT2D eigenvalue weighted by Crippen LogP contribution is -2.11. The molecule has 0 aromatic carbocycles. The van der Waals surface area contributed by atoms with Crippen molar-refractivity contribution in [2.24, 2.45) is 5.16 Å². The Labute approximate surface area is 77.5 Å². The molecule has 0 atom stereocenters. The summed E-state index contributed by atoms with van der Waals surface area (Å²) < 4.78 is 0. The van der Waals surface area contributed by atoms with Crippen LogP contribution in [0, 0.1) is 6.92 Å². The first-order valence-corrected chi connectivity index (χ1v) is 3.96. The molecule has 4 heteroatoms. The summed E-state index contributed by atoms with van der Waals surface area (Å²) in [7, 11) is 3.86. The highest BCUT2D eigenvalue weighted by Gasteiger charge is 2.00. The lowest BCUT2D eigenvalue weighted by atomic mass is 10.2. The monoisotopic (exact) mass is 179 g/mol. The molecule has 1 N–H and O–H groups in total. The maximum Gasteiger partial charge on any atom is 0.128 e. The maximum absolute atomic E-state index is 8.35. The van der Waals surface area contributed by atoms with Crippen molar-refractivity contribution in [3.63, 3.8) is 0 Å². The zero-order valence-corrected chi connectivity index (χ0v) is 8.02. The Balaban J connectivity index is 3.05. The van der Waals surface area contributed by atoms with Crippen LogP contribution in [0.5, 0.6) is 0 Å². The van der Waals surface area contributed by atoms with Crippen molar-refractivity contribution in [2.75, 3.05) is 19.0 Å². The van der Waals surface area contributed by atoms with Crippen LogP contribution in [-0.2, 0) is 0 Å². The lowest BCUT2D eigenvalue weighted by Gasteiger charge is -2.11. The smallest absolute Gasteiger partial charge is 0.128 e. The highest BCUT2D eigenvalue weighted by molar-refractivity contribution is 5.81. The average Bonchev–Trinajstić information content (AvgIpc) is 2.08. The second-order valence-electron chi connectivity index (χ2n) is 3.04. The van der Waals surface area contributed by atoms with Gasteiger partial charge in [0.15, 0.2) is 0 Å². The molecule has 0 aliphatic rings. The zero-order valence-electron chi connectivity index (χ0n) is 8.02. The Bertz CT molecular complexity index is 321. The van der Waals surface area contributed by atoms with E-state index in [1.54, 1.807) is 6.20 Å². The van der Waals surface area contributed by atoms with Gasteiger partial charge in [-0.25, -0.2) is 4.98 Å². The largest absolute Gasteiger partial charge is 0.411 e. The highest BCUT2D eigenvalue weighted by Crippen LogP contribution is 2.11. The number of hydrogen-bond acceptors (Lipinski definition) is 4. The molecule has 1 rings (SSSR count). The predicted molar refractivity (Wildman–Crippen MR) is 52.7 cm³/mol. The molecule has 0 unspecified atom stereocenters. The van der Waals surface area contributed by atoms with Gasteiger partial charge < -0.3 is 10.1 Å². The van der Waals surface area contributed by atoms with Gasteiger partial charge in [0.1, 0.15) is 5.82 Å². The third kappa shape index (κ3) is 2.18. The van der Waals surface area contributed by atoms with Crippen molar-refractivity contribution in [2.45, 2.75) is 6.92 Å². The van der Waals surface area contributed by atoms with Crippen LogP contribution in [0.3, 0.4) is 0 Å². The predicted octanol–water partition coefficient (Wildman–Crippen LogP) is 1.26. The van der Waals surface area contributed by atoms with Crippen molar-refractivity contribution in [3.8, 4) is 0 Å². The number of nitrogens with zero attached hydrogens (tertiary/aromatic N) is 3. The van der Waals surface area contributed by atoms with E-state index >= 15 is 0 Å². The first kappa shape index (κ1) is 9.51. The quantitative estimate of drug-likeness (QED) is 0.422. The summed E-state index contributed by atoms with van der Waals surface area (Å²) in [4.78, 5) is 6.10. The molecular formula is C9H13N3O. The zero-order chi connectivity index (χ0) is 9.84. The van der Waals surface area contributed by atoms with Gasteiger partial charge in [-0.1, -0.05) is 5.16 Å². The summed E-state index contributed by atoms with van der Waals surface area (Å²) >= 11 is 0. The van der Waals surface area contributed by atoms with E-state index < -0.39 is 0 Å². The fourth-order valence-corrected chi connectivity index (χ4v) is 0.994. The number of aryl methyl sites for hydroxylation is 1. The molecule has 0 saturated heterocycles. The molecular weight excluding hydrogens is 166 g/mol. The van der Waals surface area contributed by atoms with Crippen LogP contribution < -0.4 is 4.90 Å². The topological polar surface area (TPSA) is 48.7 Å². The van der Waals surface area contributed by atoms with Gasteiger partial charge in [0, 0.05) is 25.9 Å². The summed E-state index contributed by atoms with van der Waals surface area (Å²) in [5.74, 6) is 0.896. The Morgan fingerprint density at radius 2 is 2.23 bits per heavy atom. The Hall–Kier alpha value is -1.58. The molecule has 0 amide bonds. The van der Waals surface area contributed by atoms with Crippen LogP contribution in [0.15, 0.2) is 17.4 Å². The first-order valence-electron chi connectivity index (χ1n) is 3.96. The number of aromatic nitrogens is 1. The van der Waals surface area contributed by atoms with E-state index in [2.05, 4.69) is 10.1 Å². The summed E-state index contributed by atoms with van der Waals surface area (Å²) in [6, 6.07) is 1.94. The minimum Gasteiger partial charge on any atom is -0.411 e. The second-order valence-corrected chi connectivity index (χ2v) is 3.04. The molecule has 0 radical (unpaired) electrons. The van der Waals surface area contributed by atoms with E-state index in [4.69, 9.17) is 5.21 Å². The summed E-state index contributed by atoms with van der Waals surface area (Å²) in [5, 5.41) is 11.3. The van der Waals surface area contributed by atoms with E-state index in [0.29, 0.717) is 0 Å². The van der Waals surface area contributed by atoms with Crippen LogP contribution in [0.25, 0.3) is 0 Å². The lowest BCUT2D eigenvalue weighted by molar-refractivity contribution is 0.322. The number of hydrogen-bond donors (Lipinski definition) is 1.